The van der Waals surface area contributed by atoms with Gasteiger partial charge < -0.3 is 25.0 Å². The van der Waals surface area contributed by atoms with Crippen LogP contribution in [0.1, 0.15) is 17.2 Å². The van der Waals surface area contributed by atoms with Crippen molar-refractivity contribution in [1.29, 1.82) is 0 Å². The lowest BCUT2D eigenvalue weighted by molar-refractivity contribution is 0.122. The van der Waals surface area contributed by atoms with Crippen molar-refractivity contribution in [2.45, 2.75) is 12.5 Å². The molecular weight excluding hydrogens is 390 g/mol. The number of pyridine rings is 2. The molecule has 3 aromatic rings. The van der Waals surface area contributed by atoms with E-state index in [1.165, 1.54) is 11.3 Å². The first-order valence-electron chi connectivity index (χ1n) is 10.9. The third-order valence-corrected chi connectivity index (χ3v) is 6.30. The Morgan fingerprint density at radius 2 is 1.77 bits per heavy atom. The van der Waals surface area contributed by atoms with Crippen LogP contribution in [0.2, 0.25) is 0 Å². The molecule has 2 fully saturated rings. The summed E-state index contributed by atoms with van der Waals surface area (Å²) in [6.07, 6.45) is 3.78. The van der Waals surface area contributed by atoms with E-state index in [0.29, 0.717) is 12.5 Å². The van der Waals surface area contributed by atoms with Crippen molar-refractivity contribution in [3.8, 4) is 16.9 Å². The minimum atomic E-state index is 0.489. The Morgan fingerprint density at radius 1 is 0.935 bits per heavy atom. The zero-order chi connectivity index (χ0) is 20.6. The molecular formula is C24H25N5O2. The van der Waals surface area contributed by atoms with E-state index in [0.717, 1.165) is 73.5 Å². The van der Waals surface area contributed by atoms with E-state index >= 15 is 0 Å². The summed E-state index contributed by atoms with van der Waals surface area (Å²) in [4.78, 5) is 11.5. The van der Waals surface area contributed by atoms with Crippen LogP contribution in [0.5, 0.6) is 5.75 Å². The van der Waals surface area contributed by atoms with Crippen molar-refractivity contribution in [3.05, 3.63) is 60.0 Å². The van der Waals surface area contributed by atoms with Crippen molar-refractivity contribution in [1.82, 2.24) is 15.3 Å². The van der Waals surface area contributed by atoms with Crippen LogP contribution in [-0.4, -0.2) is 49.4 Å². The van der Waals surface area contributed by atoms with E-state index in [1.807, 2.05) is 18.5 Å². The average molecular weight is 415 g/mol. The summed E-state index contributed by atoms with van der Waals surface area (Å²) in [5.74, 6) is 2.21. The summed E-state index contributed by atoms with van der Waals surface area (Å²) in [6, 6.07) is 12.6. The second-order valence-electron chi connectivity index (χ2n) is 8.21. The largest absolute Gasteiger partial charge is 0.487 e. The van der Waals surface area contributed by atoms with E-state index in [2.05, 4.69) is 55.8 Å². The monoisotopic (exact) mass is 415 g/mol. The molecule has 5 heterocycles. The van der Waals surface area contributed by atoms with Crippen molar-refractivity contribution in [3.63, 3.8) is 0 Å². The summed E-state index contributed by atoms with van der Waals surface area (Å²) in [6.45, 7) is 5.76. The normalized spacial score (nSPS) is 18.1. The number of aromatic nitrogens is 2. The molecule has 0 unspecified atom stereocenters. The van der Waals surface area contributed by atoms with Crippen molar-refractivity contribution in [2.24, 2.45) is 0 Å². The zero-order valence-corrected chi connectivity index (χ0v) is 17.3. The lowest BCUT2D eigenvalue weighted by atomic mass is 9.96. The number of nitrogens with zero attached hydrogens (tertiary/aromatic N) is 3. The Kier molecular flexibility index (Phi) is 4.70. The number of hydrogen-bond donors (Lipinski definition) is 2. The predicted octanol–water partition coefficient (Wildman–Crippen LogP) is 3.30. The maximum atomic E-state index is 6.20. The van der Waals surface area contributed by atoms with Crippen LogP contribution in [0.4, 0.5) is 17.2 Å². The van der Waals surface area contributed by atoms with E-state index in [1.54, 1.807) is 0 Å². The standard InChI is InChI=1S/C24H25N5O2/c1-2-23-21(12-16(1)17-3-5-26-20(11-17)18-13-25-14-18)28-24-19(15-31-23)22(4-6-27-24)29-7-9-30-10-8-29/h1-6,11-12,18,25H,7-10,13-15H2,(H,27,28). The van der Waals surface area contributed by atoms with Crippen LogP contribution in [-0.2, 0) is 11.3 Å². The Hall–Kier alpha value is -3.16. The lowest BCUT2D eigenvalue weighted by Crippen LogP contribution is -2.40. The molecule has 0 spiro atoms. The Morgan fingerprint density at radius 3 is 2.61 bits per heavy atom. The van der Waals surface area contributed by atoms with E-state index in [4.69, 9.17) is 9.47 Å². The average Bonchev–Trinajstić information content (AvgIpc) is 2.97. The molecule has 2 N–H and O–H groups in total. The van der Waals surface area contributed by atoms with Crippen molar-refractivity contribution in [2.75, 3.05) is 49.6 Å². The summed E-state index contributed by atoms with van der Waals surface area (Å²) >= 11 is 0. The van der Waals surface area contributed by atoms with Crippen LogP contribution >= 0.6 is 0 Å². The van der Waals surface area contributed by atoms with Gasteiger partial charge in [-0.15, -0.1) is 0 Å². The van der Waals surface area contributed by atoms with Gasteiger partial charge in [0.2, 0.25) is 0 Å². The van der Waals surface area contributed by atoms with E-state index in [-0.39, 0.29) is 0 Å². The molecule has 1 aromatic carbocycles. The summed E-state index contributed by atoms with van der Waals surface area (Å²) < 4.78 is 11.7. The van der Waals surface area contributed by atoms with E-state index < -0.39 is 0 Å². The highest BCUT2D eigenvalue weighted by Crippen LogP contribution is 2.39. The molecule has 0 aliphatic carbocycles. The number of anilines is 3. The molecule has 2 aromatic heterocycles. The Labute approximate surface area is 181 Å². The first kappa shape index (κ1) is 18.6. The SMILES string of the molecule is c1cc(-c2ccc3c(c2)Nc2nccc(N4CCOCC4)c2CO3)cc(C2CNC2)n1. The van der Waals surface area contributed by atoms with Crippen molar-refractivity contribution < 1.29 is 9.47 Å². The fourth-order valence-electron chi connectivity index (χ4n) is 4.39. The number of hydrogen-bond acceptors (Lipinski definition) is 7. The van der Waals surface area contributed by atoms with Gasteiger partial charge in [-0.3, -0.25) is 4.98 Å². The zero-order valence-electron chi connectivity index (χ0n) is 17.3. The number of morpholine rings is 1. The molecule has 3 aliphatic rings. The minimum Gasteiger partial charge on any atom is -0.487 e. The van der Waals surface area contributed by atoms with Gasteiger partial charge in [0, 0.05) is 55.9 Å². The molecule has 0 radical (unpaired) electrons. The number of rotatable bonds is 3. The van der Waals surface area contributed by atoms with Crippen LogP contribution in [0.15, 0.2) is 48.8 Å². The molecule has 3 aliphatic heterocycles. The molecule has 6 rings (SSSR count). The maximum Gasteiger partial charge on any atom is 0.143 e. The first-order valence-corrected chi connectivity index (χ1v) is 10.9. The molecule has 31 heavy (non-hydrogen) atoms. The highest BCUT2D eigenvalue weighted by Gasteiger charge is 2.23. The van der Waals surface area contributed by atoms with Crippen molar-refractivity contribution >= 4 is 17.2 Å². The van der Waals surface area contributed by atoms with Gasteiger partial charge in [-0.2, -0.15) is 0 Å². The molecule has 0 bridgehead atoms. The maximum absolute atomic E-state index is 6.20. The highest BCUT2D eigenvalue weighted by atomic mass is 16.5. The third-order valence-electron chi connectivity index (χ3n) is 6.30. The molecule has 0 atom stereocenters. The van der Waals surface area contributed by atoms with Gasteiger partial charge in [0.05, 0.1) is 24.5 Å². The Balaban J connectivity index is 1.33. The van der Waals surface area contributed by atoms with Gasteiger partial charge in [-0.1, -0.05) is 6.07 Å². The predicted molar refractivity (Wildman–Crippen MR) is 120 cm³/mol. The highest BCUT2D eigenvalue weighted by molar-refractivity contribution is 5.78. The quantitative estimate of drug-likeness (QED) is 0.680. The summed E-state index contributed by atoms with van der Waals surface area (Å²) in [5, 5.41) is 6.85. The summed E-state index contributed by atoms with van der Waals surface area (Å²) in [7, 11) is 0. The van der Waals surface area contributed by atoms with Gasteiger partial charge >= 0.3 is 0 Å². The Bertz CT molecular complexity index is 1110. The van der Waals surface area contributed by atoms with Crippen LogP contribution in [0.3, 0.4) is 0 Å². The fraction of sp³-hybridized carbons (Fsp3) is 0.333. The fourth-order valence-corrected chi connectivity index (χ4v) is 4.39. The summed E-state index contributed by atoms with van der Waals surface area (Å²) in [5.41, 5.74) is 6.65. The van der Waals surface area contributed by atoms with Crippen LogP contribution in [0.25, 0.3) is 11.1 Å². The molecule has 2 saturated heterocycles. The lowest BCUT2D eigenvalue weighted by Gasteiger charge is -2.30. The number of nitrogens with one attached hydrogen (secondary N) is 2. The molecule has 0 amide bonds. The van der Waals surface area contributed by atoms with Gasteiger partial charge in [0.1, 0.15) is 18.2 Å². The first-order chi connectivity index (χ1) is 15.3. The second kappa shape index (κ2) is 7.83. The number of fused-ring (bicyclic) bond motifs is 2. The minimum absolute atomic E-state index is 0.489. The number of benzene rings is 1. The smallest absolute Gasteiger partial charge is 0.143 e. The van der Waals surface area contributed by atoms with Crippen LogP contribution in [0, 0.1) is 0 Å². The van der Waals surface area contributed by atoms with Gasteiger partial charge in [-0.25, -0.2) is 4.98 Å². The molecule has 158 valence electrons. The van der Waals surface area contributed by atoms with Gasteiger partial charge in [0.25, 0.3) is 0 Å². The van der Waals surface area contributed by atoms with Crippen LogP contribution < -0.4 is 20.3 Å². The second-order valence-corrected chi connectivity index (χ2v) is 8.21. The third kappa shape index (κ3) is 3.49. The molecule has 0 saturated carbocycles. The topological polar surface area (TPSA) is 71.5 Å². The number of ether oxygens (including phenoxy) is 2. The van der Waals surface area contributed by atoms with Gasteiger partial charge in [-0.05, 0) is 41.5 Å². The molecule has 7 heteroatoms. The molecule has 7 nitrogen and oxygen atoms in total. The van der Waals surface area contributed by atoms with E-state index in [9.17, 15) is 0 Å². The van der Waals surface area contributed by atoms with Gasteiger partial charge in [0.15, 0.2) is 0 Å².